The van der Waals surface area contributed by atoms with Gasteiger partial charge in [-0.25, -0.2) is 0 Å². The average Bonchev–Trinajstić information content (AvgIpc) is 2.36. The molecule has 0 aromatic rings. The van der Waals surface area contributed by atoms with Crippen LogP contribution in [0.1, 0.15) is 39.5 Å². The van der Waals surface area contributed by atoms with Gasteiger partial charge < -0.3 is 15.2 Å². The summed E-state index contributed by atoms with van der Waals surface area (Å²) in [4.78, 5) is 11.7. The number of nitrogens with one attached hydrogen (secondary N) is 1. The topological polar surface area (TPSA) is 58.6 Å². The first-order valence-electron chi connectivity index (χ1n) is 6.68. The standard InChI is InChI=1S/C13H25NO3/c1-3-4-10(2)13(16)14-9-12(15)11-5-7-17-8-6-11/h10-12,15H,3-9H2,1-2H3,(H,14,16). The summed E-state index contributed by atoms with van der Waals surface area (Å²) in [6.45, 7) is 5.82. The zero-order chi connectivity index (χ0) is 12.7. The maximum Gasteiger partial charge on any atom is 0.222 e. The minimum atomic E-state index is -0.434. The maximum atomic E-state index is 11.7. The lowest BCUT2D eigenvalue weighted by Crippen LogP contribution is -2.40. The van der Waals surface area contributed by atoms with Crippen LogP contribution < -0.4 is 5.32 Å². The van der Waals surface area contributed by atoms with Gasteiger partial charge in [-0.15, -0.1) is 0 Å². The fraction of sp³-hybridized carbons (Fsp3) is 0.923. The summed E-state index contributed by atoms with van der Waals surface area (Å²) < 4.78 is 5.25. The van der Waals surface area contributed by atoms with E-state index in [-0.39, 0.29) is 17.7 Å². The van der Waals surface area contributed by atoms with Crippen LogP contribution in [0, 0.1) is 11.8 Å². The molecule has 17 heavy (non-hydrogen) atoms. The molecule has 0 spiro atoms. The van der Waals surface area contributed by atoms with Crippen LogP contribution in [-0.2, 0) is 9.53 Å². The van der Waals surface area contributed by atoms with Crippen LogP contribution in [0.15, 0.2) is 0 Å². The molecule has 1 fully saturated rings. The molecule has 1 heterocycles. The molecule has 1 rings (SSSR count). The van der Waals surface area contributed by atoms with Crippen molar-refractivity contribution >= 4 is 5.91 Å². The van der Waals surface area contributed by atoms with Crippen LogP contribution in [0.3, 0.4) is 0 Å². The lowest BCUT2D eigenvalue weighted by atomic mass is 9.94. The second kappa shape index (κ2) is 7.67. The largest absolute Gasteiger partial charge is 0.391 e. The van der Waals surface area contributed by atoms with Gasteiger partial charge in [0.05, 0.1) is 6.10 Å². The second-order valence-corrected chi connectivity index (χ2v) is 4.95. The molecule has 100 valence electrons. The van der Waals surface area contributed by atoms with E-state index in [2.05, 4.69) is 12.2 Å². The van der Waals surface area contributed by atoms with Gasteiger partial charge in [0, 0.05) is 25.7 Å². The van der Waals surface area contributed by atoms with Crippen molar-refractivity contribution in [3.63, 3.8) is 0 Å². The molecule has 2 atom stereocenters. The molecule has 4 heteroatoms. The fourth-order valence-electron chi connectivity index (χ4n) is 2.21. The molecule has 2 unspecified atom stereocenters. The Hall–Kier alpha value is -0.610. The van der Waals surface area contributed by atoms with Crippen molar-refractivity contribution in [2.45, 2.75) is 45.6 Å². The molecule has 1 aliphatic heterocycles. The van der Waals surface area contributed by atoms with Crippen LogP contribution in [0.5, 0.6) is 0 Å². The minimum Gasteiger partial charge on any atom is -0.391 e. The summed E-state index contributed by atoms with van der Waals surface area (Å²) in [5, 5.41) is 12.8. The lowest BCUT2D eigenvalue weighted by molar-refractivity contribution is -0.125. The van der Waals surface area contributed by atoms with Gasteiger partial charge in [-0.05, 0) is 25.2 Å². The number of carbonyl (C=O) groups is 1. The highest BCUT2D eigenvalue weighted by molar-refractivity contribution is 5.78. The Labute approximate surface area is 104 Å². The first-order chi connectivity index (χ1) is 8.15. The summed E-state index contributed by atoms with van der Waals surface area (Å²) in [6.07, 6.45) is 3.26. The van der Waals surface area contributed by atoms with Crippen molar-refractivity contribution in [1.82, 2.24) is 5.32 Å². The SMILES string of the molecule is CCCC(C)C(=O)NCC(O)C1CCOCC1. The highest BCUT2D eigenvalue weighted by atomic mass is 16.5. The number of amides is 1. The monoisotopic (exact) mass is 243 g/mol. The predicted molar refractivity (Wildman–Crippen MR) is 66.6 cm³/mol. The van der Waals surface area contributed by atoms with Crippen molar-refractivity contribution in [2.75, 3.05) is 19.8 Å². The van der Waals surface area contributed by atoms with E-state index >= 15 is 0 Å². The summed E-state index contributed by atoms with van der Waals surface area (Å²) >= 11 is 0. The molecule has 1 amide bonds. The minimum absolute atomic E-state index is 0.0434. The number of hydrogen-bond acceptors (Lipinski definition) is 3. The van der Waals surface area contributed by atoms with Gasteiger partial charge in [0.2, 0.25) is 5.91 Å². The van der Waals surface area contributed by atoms with Crippen molar-refractivity contribution < 1.29 is 14.6 Å². The second-order valence-electron chi connectivity index (χ2n) is 4.95. The van der Waals surface area contributed by atoms with E-state index in [1.807, 2.05) is 6.92 Å². The molecule has 2 N–H and O–H groups in total. The van der Waals surface area contributed by atoms with Gasteiger partial charge in [-0.1, -0.05) is 20.3 Å². The van der Waals surface area contributed by atoms with Crippen LogP contribution in [0.4, 0.5) is 0 Å². The van der Waals surface area contributed by atoms with E-state index in [0.29, 0.717) is 6.54 Å². The quantitative estimate of drug-likeness (QED) is 0.740. The molecule has 0 radical (unpaired) electrons. The lowest BCUT2D eigenvalue weighted by Gasteiger charge is -2.27. The maximum absolute atomic E-state index is 11.7. The average molecular weight is 243 g/mol. The number of carbonyl (C=O) groups excluding carboxylic acids is 1. The van der Waals surface area contributed by atoms with Gasteiger partial charge in [0.15, 0.2) is 0 Å². The molecule has 0 saturated carbocycles. The van der Waals surface area contributed by atoms with Gasteiger partial charge in [-0.2, -0.15) is 0 Å². The van der Waals surface area contributed by atoms with Gasteiger partial charge in [0.25, 0.3) is 0 Å². The van der Waals surface area contributed by atoms with Crippen LogP contribution in [0.25, 0.3) is 0 Å². The van der Waals surface area contributed by atoms with Gasteiger partial charge in [-0.3, -0.25) is 4.79 Å². The van der Waals surface area contributed by atoms with Gasteiger partial charge in [0.1, 0.15) is 0 Å². The summed E-state index contributed by atoms with van der Waals surface area (Å²) in [5.41, 5.74) is 0. The smallest absolute Gasteiger partial charge is 0.222 e. The van der Waals surface area contributed by atoms with E-state index in [9.17, 15) is 9.90 Å². The molecule has 1 aliphatic rings. The van der Waals surface area contributed by atoms with Crippen molar-refractivity contribution in [1.29, 1.82) is 0 Å². The van der Waals surface area contributed by atoms with Crippen molar-refractivity contribution in [2.24, 2.45) is 11.8 Å². The van der Waals surface area contributed by atoms with E-state index in [1.165, 1.54) is 0 Å². The highest BCUT2D eigenvalue weighted by Crippen LogP contribution is 2.18. The molecule has 0 aliphatic carbocycles. The Bertz CT molecular complexity index is 227. The van der Waals surface area contributed by atoms with E-state index < -0.39 is 6.10 Å². The zero-order valence-corrected chi connectivity index (χ0v) is 10.9. The number of ether oxygens (including phenoxy) is 1. The third-order valence-corrected chi connectivity index (χ3v) is 3.46. The summed E-state index contributed by atoms with van der Waals surface area (Å²) in [7, 11) is 0. The molecule has 0 bridgehead atoms. The fourth-order valence-corrected chi connectivity index (χ4v) is 2.21. The zero-order valence-electron chi connectivity index (χ0n) is 10.9. The predicted octanol–water partition coefficient (Wildman–Crippen LogP) is 1.33. The van der Waals surface area contributed by atoms with E-state index in [0.717, 1.165) is 38.9 Å². The van der Waals surface area contributed by atoms with Gasteiger partial charge >= 0.3 is 0 Å². The van der Waals surface area contributed by atoms with E-state index in [4.69, 9.17) is 4.74 Å². The number of aliphatic hydroxyl groups excluding tert-OH is 1. The number of aliphatic hydroxyl groups is 1. The normalized spacial score (nSPS) is 20.9. The molecular weight excluding hydrogens is 218 g/mol. The van der Waals surface area contributed by atoms with Crippen molar-refractivity contribution in [3.05, 3.63) is 0 Å². The summed E-state index contributed by atoms with van der Waals surface area (Å²) in [6, 6.07) is 0. The third-order valence-electron chi connectivity index (χ3n) is 3.46. The van der Waals surface area contributed by atoms with Crippen LogP contribution in [-0.4, -0.2) is 36.9 Å². The molecule has 1 saturated heterocycles. The number of rotatable bonds is 6. The van der Waals surface area contributed by atoms with Crippen molar-refractivity contribution in [3.8, 4) is 0 Å². The Kier molecular flexibility index (Phi) is 6.52. The molecule has 0 aromatic heterocycles. The Morgan fingerprint density at radius 2 is 2.12 bits per heavy atom. The highest BCUT2D eigenvalue weighted by Gasteiger charge is 2.23. The third kappa shape index (κ3) is 5.04. The summed E-state index contributed by atoms with van der Waals surface area (Å²) in [5.74, 6) is 0.366. The molecule has 4 nitrogen and oxygen atoms in total. The Balaban J connectivity index is 2.22. The van der Waals surface area contributed by atoms with Crippen LogP contribution in [0.2, 0.25) is 0 Å². The molecule has 0 aromatic carbocycles. The first-order valence-corrected chi connectivity index (χ1v) is 6.68. The van der Waals surface area contributed by atoms with E-state index in [1.54, 1.807) is 0 Å². The first kappa shape index (κ1) is 14.5. The Morgan fingerprint density at radius 3 is 2.71 bits per heavy atom. The Morgan fingerprint density at radius 1 is 1.47 bits per heavy atom. The molecular formula is C13H25NO3. The number of hydrogen-bond donors (Lipinski definition) is 2. The van der Waals surface area contributed by atoms with Crippen LogP contribution >= 0.6 is 0 Å².